The van der Waals surface area contributed by atoms with Crippen LogP contribution in [0.4, 0.5) is 32.2 Å². The molecule has 0 saturated carbocycles. The van der Waals surface area contributed by atoms with E-state index in [1.165, 1.54) is 13.0 Å². The first-order valence-electron chi connectivity index (χ1n) is 8.81. The van der Waals surface area contributed by atoms with Crippen LogP contribution < -0.4 is 10.1 Å². The van der Waals surface area contributed by atoms with Crippen molar-refractivity contribution in [2.45, 2.75) is 37.8 Å². The molecule has 1 saturated heterocycles. The van der Waals surface area contributed by atoms with Crippen molar-refractivity contribution in [2.24, 2.45) is 0 Å². The molecule has 2 aromatic rings. The number of fused-ring (bicyclic) bond motifs is 1. The van der Waals surface area contributed by atoms with Crippen molar-refractivity contribution in [3.8, 4) is 5.75 Å². The highest BCUT2D eigenvalue weighted by atomic mass is 19.4. The van der Waals surface area contributed by atoms with Crippen LogP contribution in [-0.4, -0.2) is 69.9 Å². The lowest BCUT2D eigenvalue weighted by molar-refractivity contribution is -0.359. The van der Waals surface area contributed by atoms with Crippen molar-refractivity contribution in [1.82, 2.24) is 14.9 Å². The molecule has 2 N–H and O–H groups in total. The molecule has 2 heterocycles. The van der Waals surface area contributed by atoms with Crippen LogP contribution in [0.2, 0.25) is 0 Å². The van der Waals surface area contributed by atoms with Gasteiger partial charge in [0.05, 0.1) is 18.2 Å². The van der Waals surface area contributed by atoms with Crippen molar-refractivity contribution < 1.29 is 45.7 Å². The SMILES string of the molecule is C[C@H]1[C@@H](OC(F)(F)F)CN1C(=O)[C@@H](CO)Nc1ncnc2cc(OC(F)(F)F)ccc12. The lowest BCUT2D eigenvalue weighted by atomic mass is 9.99. The molecule has 3 atom stereocenters. The summed E-state index contributed by atoms with van der Waals surface area (Å²) in [7, 11) is 0. The lowest BCUT2D eigenvalue weighted by Gasteiger charge is -2.46. The predicted octanol–water partition coefficient (Wildman–Crippen LogP) is 2.44. The number of nitrogens with zero attached hydrogens (tertiary/aromatic N) is 3. The van der Waals surface area contributed by atoms with Crippen molar-refractivity contribution in [3.63, 3.8) is 0 Å². The number of benzene rings is 1. The predicted molar refractivity (Wildman–Crippen MR) is 92.8 cm³/mol. The smallest absolute Gasteiger partial charge is 0.406 e. The largest absolute Gasteiger partial charge is 0.573 e. The number of rotatable bonds is 6. The van der Waals surface area contributed by atoms with Crippen molar-refractivity contribution in [3.05, 3.63) is 24.5 Å². The van der Waals surface area contributed by atoms with E-state index in [-0.39, 0.29) is 23.3 Å². The Kier molecular flexibility index (Phi) is 6.14. The summed E-state index contributed by atoms with van der Waals surface area (Å²) in [4.78, 5) is 21.5. The molecule has 0 aliphatic carbocycles. The Morgan fingerprint density at radius 1 is 1.26 bits per heavy atom. The van der Waals surface area contributed by atoms with Crippen molar-refractivity contribution in [2.75, 3.05) is 18.5 Å². The van der Waals surface area contributed by atoms with Crippen LogP contribution in [0.5, 0.6) is 5.75 Å². The molecule has 1 aliphatic heterocycles. The van der Waals surface area contributed by atoms with Gasteiger partial charge in [-0.1, -0.05) is 0 Å². The van der Waals surface area contributed by atoms with Gasteiger partial charge in [0.2, 0.25) is 5.91 Å². The van der Waals surface area contributed by atoms with E-state index in [1.807, 2.05) is 0 Å². The van der Waals surface area contributed by atoms with Crippen LogP contribution >= 0.6 is 0 Å². The molecule has 3 rings (SSSR count). The fraction of sp³-hybridized carbons (Fsp3) is 0.471. The van der Waals surface area contributed by atoms with E-state index in [9.17, 15) is 36.2 Å². The van der Waals surface area contributed by atoms with Crippen LogP contribution in [0.3, 0.4) is 0 Å². The van der Waals surface area contributed by atoms with Gasteiger partial charge in [-0.2, -0.15) is 0 Å². The lowest BCUT2D eigenvalue weighted by Crippen LogP contribution is -2.65. The molecular formula is C17H16F6N4O4. The average molecular weight is 454 g/mol. The maximum Gasteiger partial charge on any atom is 0.573 e. The van der Waals surface area contributed by atoms with Crippen molar-refractivity contribution >= 4 is 22.6 Å². The second-order valence-electron chi connectivity index (χ2n) is 6.66. The number of aliphatic hydroxyl groups is 1. The number of aromatic nitrogens is 2. The van der Waals surface area contributed by atoms with Gasteiger partial charge in [0.1, 0.15) is 30.0 Å². The Bertz CT molecular complexity index is 954. The molecule has 8 nitrogen and oxygen atoms in total. The molecule has 0 bridgehead atoms. The molecule has 1 aromatic carbocycles. The molecule has 1 amide bonds. The number of carbonyl (C=O) groups is 1. The minimum atomic E-state index is -4.89. The van der Waals surface area contributed by atoms with Gasteiger partial charge in [-0.25, -0.2) is 9.97 Å². The molecule has 170 valence electrons. The van der Waals surface area contributed by atoms with E-state index in [4.69, 9.17) is 0 Å². The first-order chi connectivity index (χ1) is 14.4. The number of hydrogen-bond acceptors (Lipinski definition) is 7. The molecule has 1 aromatic heterocycles. The van der Waals surface area contributed by atoms with Gasteiger partial charge in [0.25, 0.3) is 0 Å². The van der Waals surface area contributed by atoms with Crippen LogP contribution in [0.1, 0.15) is 6.92 Å². The third-order valence-electron chi connectivity index (χ3n) is 4.61. The zero-order valence-corrected chi connectivity index (χ0v) is 15.7. The number of likely N-dealkylation sites (tertiary alicyclic amines) is 1. The van der Waals surface area contributed by atoms with Crippen LogP contribution in [-0.2, 0) is 9.53 Å². The zero-order chi connectivity index (χ0) is 23.0. The van der Waals surface area contributed by atoms with Gasteiger partial charge in [-0.15, -0.1) is 26.3 Å². The summed E-state index contributed by atoms with van der Waals surface area (Å²) >= 11 is 0. The Morgan fingerprint density at radius 2 is 1.97 bits per heavy atom. The van der Waals surface area contributed by atoms with E-state index >= 15 is 0 Å². The minimum Gasteiger partial charge on any atom is -0.406 e. The minimum absolute atomic E-state index is 0.0345. The molecule has 31 heavy (non-hydrogen) atoms. The number of alkyl halides is 6. The summed E-state index contributed by atoms with van der Waals surface area (Å²) in [6, 6.07) is 1.13. The first kappa shape index (κ1) is 22.8. The molecule has 0 spiro atoms. The van der Waals surface area contributed by atoms with Gasteiger partial charge < -0.3 is 20.1 Å². The summed E-state index contributed by atoms with van der Waals surface area (Å²) in [5.74, 6) is -1.17. The summed E-state index contributed by atoms with van der Waals surface area (Å²) in [6.07, 6.45) is -9.93. The second-order valence-corrected chi connectivity index (χ2v) is 6.66. The normalized spacial score (nSPS) is 20.3. The van der Waals surface area contributed by atoms with Gasteiger partial charge in [0, 0.05) is 18.0 Å². The second kappa shape index (κ2) is 8.34. The number of hydrogen-bond donors (Lipinski definition) is 2. The van der Waals surface area contributed by atoms with E-state index in [2.05, 4.69) is 24.8 Å². The average Bonchev–Trinajstić information content (AvgIpc) is 2.66. The van der Waals surface area contributed by atoms with E-state index in [0.717, 1.165) is 23.4 Å². The van der Waals surface area contributed by atoms with E-state index in [1.54, 1.807) is 0 Å². The number of halogens is 6. The summed E-state index contributed by atoms with van der Waals surface area (Å²) in [5, 5.41) is 12.5. The van der Waals surface area contributed by atoms with Crippen LogP contribution in [0, 0.1) is 0 Å². The van der Waals surface area contributed by atoms with Gasteiger partial charge >= 0.3 is 12.7 Å². The van der Waals surface area contributed by atoms with Gasteiger partial charge in [-0.3, -0.25) is 9.53 Å². The van der Waals surface area contributed by atoms with Crippen molar-refractivity contribution in [1.29, 1.82) is 0 Å². The highest BCUT2D eigenvalue weighted by molar-refractivity contribution is 5.93. The molecule has 14 heteroatoms. The molecular weight excluding hydrogens is 438 g/mol. The number of carbonyl (C=O) groups excluding carboxylic acids is 1. The number of aliphatic hydroxyl groups excluding tert-OH is 1. The maximum absolute atomic E-state index is 12.6. The third kappa shape index (κ3) is 5.44. The topological polar surface area (TPSA) is 96.8 Å². The fourth-order valence-electron chi connectivity index (χ4n) is 3.07. The molecule has 1 fully saturated rings. The highest BCUT2D eigenvalue weighted by Crippen LogP contribution is 2.30. The summed E-state index contributed by atoms with van der Waals surface area (Å²) in [6.45, 7) is 0.336. The number of amides is 1. The number of nitrogens with one attached hydrogen (secondary N) is 1. The monoisotopic (exact) mass is 454 g/mol. The molecule has 0 unspecified atom stereocenters. The molecule has 0 radical (unpaired) electrons. The third-order valence-corrected chi connectivity index (χ3v) is 4.61. The Balaban J connectivity index is 1.74. The number of ether oxygens (including phenoxy) is 2. The first-order valence-corrected chi connectivity index (χ1v) is 8.81. The Morgan fingerprint density at radius 3 is 2.55 bits per heavy atom. The maximum atomic E-state index is 12.6. The van der Waals surface area contributed by atoms with Crippen LogP contribution in [0.25, 0.3) is 10.9 Å². The Hall–Kier alpha value is -2.87. The quantitative estimate of drug-likeness (QED) is 0.648. The van der Waals surface area contributed by atoms with Gasteiger partial charge in [-0.05, 0) is 19.1 Å². The highest BCUT2D eigenvalue weighted by Gasteiger charge is 2.47. The summed E-state index contributed by atoms with van der Waals surface area (Å²) < 4.78 is 81.9. The fourth-order valence-corrected chi connectivity index (χ4v) is 3.07. The molecule has 1 aliphatic rings. The zero-order valence-electron chi connectivity index (χ0n) is 15.7. The van der Waals surface area contributed by atoms with E-state index in [0.29, 0.717) is 0 Å². The standard InChI is InChI=1S/C17H16F6N4O4/c1-8-13(31-17(21,22)23)5-27(8)15(29)12(6-28)26-14-10-3-2-9(30-16(18,19)20)4-11(10)24-7-25-14/h2-4,7-8,12-13,28H,5-6H2,1H3,(H,24,25,26)/t8-,12+,13-/m0/s1. The number of anilines is 1. The van der Waals surface area contributed by atoms with Crippen LogP contribution in [0.15, 0.2) is 24.5 Å². The van der Waals surface area contributed by atoms with E-state index < -0.39 is 49.2 Å². The Labute approximate surface area is 170 Å². The van der Waals surface area contributed by atoms with Gasteiger partial charge in [0.15, 0.2) is 0 Å². The summed E-state index contributed by atoms with van der Waals surface area (Å²) in [5.41, 5.74) is 0.0688.